The largest absolute Gasteiger partial charge is 0.451 e. The van der Waals surface area contributed by atoms with Crippen molar-refractivity contribution in [1.82, 2.24) is 19.8 Å². The molecule has 4 rings (SSSR count). The number of aryl methyl sites for hydroxylation is 1. The number of carbonyl (C=O) groups is 2. The van der Waals surface area contributed by atoms with Gasteiger partial charge in [-0.3, -0.25) is 9.59 Å². The Kier molecular flexibility index (Phi) is 5.59. The molecule has 0 saturated heterocycles. The molecule has 0 spiro atoms. The van der Waals surface area contributed by atoms with Crippen molar-refractivity contribution in [2.75, 3.05) is 26.8 Å². The molecule has 0 unspecified atom stereocenters. The molecule has 2 aromatic heterocycles. The summed E-state index contributed by atoms with van der Waals surface area (Å²) in [7, 11) is 1.59. The van der Waals surface area contributed by atoms with Crippen LogP contribution in [0, 0.1) is 6.92 Å². The van der Waals surface area contributed by atoms with E-state index < -0.39 is 0 Å². The lowest BCUT2D eigenvalue weighted by Crippen LogP contribution is -2.41. The van der Waals surface area contributed by atoms with Crippen molar-refractivity contribution in [3.05, 3.63) is 53.3 Å². The second-order valence-electron chi connectivity index (χ2n) is 7.53. The number of imidazole rings is 1. The van der Waals surface area contributed by atoms with Crippen LogP contribution in [-0.4, -0.2) is 53.1 Å². The number of methoxy groups -OCH3 is 1. The van der Waals surface area contributed by atoms with E-state index in [0.29, 0.717) is 43.3 Å². The van der Waals surface area contributed by atoms with Gasteiger partial charge in [-0.15, -0.1) is 0 Å². The number of fused-ring (bicyclic) bond motifs is 2. The van der Waals surface area contributed by atoms with Gasteiger partial charge >= 0.3 is 0 Å². The topological polar surface area (TPSA) is 89.6 Å². The van der Waals surface area contributed by atoms with Crippen LogP contribution < -0.4 is 5.32 Å². The van der Waals surface area contributed by atoms with Crippen molar-refractivity contribution in [2.24, 2.45) is 0 Å². The number of rotatable bonds is 6. The Balaban J connectivity index is 1.51. The van der Waals surface area contributed by atoms with Gasteiger partial charge in [-0.2, -0.15) is 0 Å². The third-order valence-corrected chi connectivity index (χ3v) is 5.55. The molecule has 0 bridgehead atoms. The molecule has 1 aliphatic heterocycles. The van der Waals surface area contributed by atoms with Crippen molar-refractivity contribution >= 4 is 22.8 Å². The van der Waals surface area contributed by atoms with E-state index in [1.165, 1.54) is 0 Å². The molecule has 158 valence electrons. The van der Waals surface area contributed by atoms with Crippen LogP contribution in [0.4, 0.5) is 0 Å². The fourth-order valence-corrected chi connectivity index (χ4v) is 3.94. The SMILES string of the molecule is COCCNC(=O)Cc1cn2c(n1)[C@@H](C)N(C(=O)c1oc3ccccc3c1C)CC2. The third-order valence-electron chi connectivity index (χ3n) is 5.55. The first kappa shape index (κ1) is 20.2. The molecule has 8 heteroatoms. The second-order valence-corrected chi connectivity index (χ2v) is 7.53. The Hall–Kier alpha value is -3.13. The van der Waals surface area contributed by atoms with Gasteiger partial charge in [0.05, 0.1) is 24.8 Å². The van der Waals surface area contributed by atoms with Crippen molar-refractivity contribution in [3.63, 3.8) is 0 Å². The number of nitrogens with one attached hydrogen (secondary N) is 1. The van der Waals surface area contributed by atoms with Crippen LogP contribution in [0.3, 0.4) is 0 Å². The summed E-state index contributed by atoms with van der Waals surface area (Å²) in [5, 5.41) is 3.75. The summed E-state index contributed by atoms with van der Waals surface area (Å²) < 4.78 is 12.8. The quantitative estimate of drug-likeness (QED) is 0.631. The van der Waals surface area contributed by atoms with E-state index >= 15 is 0 Å². The second kappa shape index (κ2) is 8.31. The highest BCUT2D eigenvalue weighted by Crippen LogP contribution is 2.30. The van der Waals surface area contributed by atoms with Gasteiger partial charge in [0.25, 0.3) is 5.91 Å². The minimum Gasteiger partial charge on any atom is -0.451 e. The highest BCUT2D eigenvalue weighted by atomic mass is 16.5. The average Bonchev–Trinajstić information content (AvgIpc) is 3.29. The zero-order chi connectivity index (χ0) is 21.3. The number of amides is 2. The van der Waals surface area contributed by atoms with Gasteiger partial charge in [0.15, 0.2) is 5.76 Å². The summed E-state index contributed by atoms with van der Waals surface area (Å²) in [4.78, 5) is 31.8. The summed E-state index contributed by atoms with van der Waals surface area (Å²) in [5.74, 6) is 0.925. The molecule has 2 amide bonds. The van der Waals surface area contributed by atoms with Gasteiger partial charge in [0, 0.05) is 43.9 Å². The third kappa shape index (κ3) is 3.70. The van der Waals surface area contributed by atoms with Crippen molar-refractivity contribution < 1.29 is 18.7 Å². The molecule has 1 aromatic carbocycles. The number of nitrogens with zero attached hydrogens (tertiary/aromatic N) is 3. The van der Waals surface area contributed by atoms with Crippen LogP contribution in [0.2, 0.25) is 0 Å². The lowest BCUT2D eigenvalue weighted by atomic mass is 10.1. The molecule has 3 aromatic rings. The first-order valence-corrected chi connectivity index (χ1v) is 10.1. The summed E-state index contributed by atoms with van der Waals surface area (Å²) in [5.41, 5.74) is 2.26. The number of hydrogen-bond donors (Lipinski definition) is 1. The molecular weight excluding hydrogens is 384 g/mol. The van der Waals surface area contributed by atoms with Gasteiger partial charge < -0.3 is 23.9 Å². The number of furan rings is 1. The van der Waals surface area contributed by atoms with E-state index in [1.54, 1.807) is 12.0 Å². The zero-order valence-electron chi connectivity index (χ0n) is 17.5. The van der Waals surface area contributed by atoms with Gasteiger partial charge in [-0.05, 0) is 19.9 Å². The molecule has 3 heterocycles. The van der Waals surface area contributed by atoms with Crippen molar-refractivity contribution in [2.45, 2.75) is 32.9 Å². The van der Waals surface area contributed by atoms with Crippen molar-refractivity contribution in [3.8, 4) is 0 Å². The number of carbonyl (C=O) groups excluding carboxylic acids is 2. The smallest absolute Gasteiger partial charge is 0.290 e. The zero-order valence-corrected chi connectivity index (χ0v) is 17.5. The molecule has 1 N–H and O–H groups in total. The van der Waals surface area contributed by atoms with E-state index in [1.807, 2.05) is 48.9 Å². The number of benzene rings is 1. The minimum absolute atomic E-state index is 0.0963. The summed E-state index contributed by atoms with van der Waals surface area (Å²) in [6.07, 6.45) is 2.10. The monoisotopic (exact) mass is 410 g/mol. The number of para-hydroxylation sites is 1. The summed E-state index contributed by atoms with van der Waals surface area (Å²) in [6.45, 7) is 5.99. The first-order valence-electron chi connectivity index (χ1n) is 10.1. The highest BCUT2D eigenvalue weighted by molar-refractivity contribution is 5.99. The normalized spacial score (nSPS) is 16.0. The number of ether oxygens (including phenoxy) is 1. The van der Waals surface area contributed by atoms with Gasteiger partial charge in [0.1, 0.15) is 11.4 Å². The Morgan fingerprint density at radius 3 is 2.87 bits per heavy atom. The number of aromatic nitrogens is 2. The van der Waals surface area contributed by atoms with Crippen LogP contribution in [0.1, 0.15) is 40.6 Å². The van der Waals surface area contributed by atoms with Gasteiger partial charge in [0.2, 0.25) is 5.91 Å². The molecule has 0 fully saturated rings. The maximum Gasteiger partial charge on any atom is 0.290 e. The van der Waals surface area contributed by atoms with Crippen LogP contribution in [-0.2, 0) is 22.5 Å². The lowest BCUT2D eigenvalue weighted by Gasteiger charge is -2.33. The molecule has 1 atom stereocenters. The first-order chi connectivity index (χ1) is 14.5. The molecule has 0 radical (unpaired) electrons. The Morgan fingerprint density at radius 1 is 1.30 bits per heavy atom. The molecule has 0 aliphatic carbocycles. The van der Waals surface area contributed by atoms with E-state index in [-0.39, 0.29) is 24.3 Å². The van der Waals surface area contributed by atoms with E-state index in [9.17, 15) is 9.59 Å². The van der Waals surface area contributed by atoms with E-state index in [0.717, 1.165) is 16.8 Å². The van der Waals surface area contributed by atoms with E-state index in [4.69, 9.17) is 9.15 Å². The molecular formula is C22H26N4O4. The molecule has 0 saturated carbocycles. The van der Waals surface area contributed by atoms with Gasteiger partial charge in [-0.1, -0.05) is 18.2 Å². The Labute approximate surface area is 174 Å². The molecule has 8 nitrogen and oxygen atoms in total. The van der Waals surface area contributed by atoms with Crippen LogP contribution >= 0.6 is 0 Å². The number of hydrogen-bond acceptors (Lipinski definition) is 5. The fourth-order valence-electron chi connectivity index (χ4n) is 3.94. The highest BCUT2D eigenvalue weighted by Gasteiger charge is 2.33. The van der Waals surface area contributed by atoms with Crippen LogP contribution in [0.25, 0.3) is 11.0 Å². The van der Waals surface area contributed by atoms with Crippen LogP contribution in [0.5, 0.6) is 0 Å². The van der Waals surface area contributed by atoms with Crippen LogP contribution in [0.15, 0.2) is 34.9 Å². The minimum atomic E-state index is -0.218. The average molecular weight is 410 g/mol. The van der Waals surface area contributed by atoms with Crippen molar-refractivity contribution in [1.29, 1.82) is 0 Å². The summed E-state index contributed by atoms with van der Waals surface area (Å²) in [6, 6.07) is 7.44. The predicted molar refractivity (Wildman–Crippen MR) is 111 cm³/mol. The molecule has 30 heavy (non-hydrogen) atoms. The van der Waals surface area contributed by atoms with E-state index in [2.05, 4.69) is 10.3 Å². The van der Waals surface area contributed by atoms with Gasteiger partial charge in [-0.25, -0.2) is 4.98 Å². The maximum absolute atomic E-state index is 13.3. The Bertz CT molecular complexity index is 1080. The fraction of sp³-hybridized carbons (Fsp3) is 0.409. The maximum atomic E-state index is 13.3. The summed E-state index contributed by atoms with van der Waals surface area (Å²) >= 11 is 0. The molecule has 1 aliphatic rings. The standard InChI is InChI=1S/C22H26N4O4/c1-14-17-6-4-5-7-18(17)30-20(14)22(28)26-10-9-25-13-16(24-21(25)15(26)2)12-19(27)23-8-11-29-3/h4-7,13,15H,8-12H2,1-3H3,(H,23,27)/t15-/m1/s1. The Morgan fingerprint density at radius 2 is 2.10 bits per heavy atom. The predicted octanol–water partition coefficient (Wildman–Crippen LogP) is 2.46. The lowest BCUT2D eigenvalue weighted by molar-refractivity contribution is -0.120.